The largest absolute Gasteiger partial charge is 0.383 e. The highest BCUT2D eigenvalue weighted by Crippen LogP contribution is 2.37. The van der Waals surface area contributed by atoms with Gasteiger partial charge in [0.15, 0.2) is 10.3 Å². The predicted octanol–water partition coefficient (Wildman–Crippen LogP) is 2.45. The van der Waals surface area contributed by atoms with Gasteiger partial charge in [-0.05, 0) is 19.0 Å². The Bertz CT molecular complexity index is 923. The van der Waals surface area contributed by atoms with E-state index < -0.39 is 0 Å². The molecule has 25 heavy (non-hydrogen) atoms. The third kappa shape index (κ3) is 3.47. The van der Waals surface area contributed by atoms with Crippen LogP contribution in [0.15, 0.2) is 16.7 Å². The molecule has 1 aliphatic heterocycles. The number of carbonyl (C=O) groups excluding carboxylic acids is 1. The van der Waals surface area contributed by atoms with Crippen molar-refractivity contribution in [2.45, 2.75) is 18.1 Å². The van der Waals surface area contributed by atoms with E-state index in [9.17, 15) is 4.79 Å². The fourth-order valence-electron chi connectivity index (χ4n) is 2.77. The van der Waals surface area contributed by atoms with Gasteiger partial charge in [-0.15, -0.1) is 22.7 Å². The first-order chi connectivity index (χ1) is 12.1. The summed E-state index contributed by atoms with van der Waals surface area (Å²) in [6.07, 6.45) is 2.63. The molecule has 0 bridgehead atoms. The Labute approximate surface area is 156 Å². The molecular formula is C15H16N6OS3. The number of nitrogen functional groups attached to an aromatic ring is 1. The molecule has 0 radical (unpaired) electrons. The number of anilines is 2. The number of fused-ring (bicyclic) bond motifs is 3. The second kappa shape index (κ2) is 6.87. The Hall–Kier alpha value is -1.75. The molecule has 130 valence electrons. The van der Waals surface area contributed by atoms with Crippen LogP contribution in [-0.2, 0) is 17.8 Å². The fourth-order valence-corrected chi connectivity index (χ4v) is 5.33. The molecule has 3 aromatic heterocycles. The highest BCUT2D eigenvalue weighted by molar-refractivity contribution is 7.99. The van der Waals surface area contributed by atoms with Gasteiger partial charge in [0.25, 0.3) is 0 Å². The minimum atomic E-state index is -0.130. The molecular weight excluding hydrogens is 376 g/mol. The number of thioether (sulfide) groups is 1. The second-order valence-corrected chi connectivity index (χ2v) is 8.66. The molecule has 4 rings (SSSR count). The van der Waals surface area contributed by atoms with E-state index in [0.717, 1.165) is 29.7 Å². The molecule has 4 heterocycles. The Morgan fingerprint density at radius 1 is 1.48 bits per heavy atom. The van der Waals surface area contributed by atoms with Crippen molar-refractivity contribution in [3.8, 4) is 0 Å². The lowest BCUT2D eigenvalue weighted by Gasteiger charge is -2.22. The maximum absolute atomic E-state index is 12.0. The monoisotopic (exact) mass is 392 g/mol. The predicted molar refractivity (Wildman–Crippen MR) is 103 cm³/mol. The third-order valence-electron chi connectivity index (χ3n) is 3.91. The number of thiophene rings is 1. The molecule has 0 saturated heterocycles. The Kier molecular flexibility index (Phi) is 4.59. The average molecular weight is 393 g/mol. The second-order valence-electron chi connectivity index (χ2n) is 5.74. The van der Waals surface area contributed by atoms with Crippen LogP contribution in [0.1, 0.15) is 10.4 Å². The smallest absolute Gasteiger partial charge is 0.236 e. The molecule has 0 atom stereocenters. The van der Waals surface area contributed by atoms with Crippen LogP contribution in [0.2, 0.25) is 0 Å². The Morgan fingerprint density at radius 2 is 2.36 bits per heavy atom. The zero-order valence-corrected chi connectivity index (χ0v) is 15.9. The van der Waals surface area contributed by atoms with Crippen LogP contribution < -0.4 is 11.1 Å². The number of nitrogens with one attached hydrogen (secondary N) is 1. The lowest BCUT2D eigenvalue weighted by Crippen LogP contribution is -2.25. The van der Waals surface area contributed by atoms with Crippen molar-refractivity contribution in [2.75, 3.05) is 30.4 Å². The summed E-state index contributed by atoms with van der Waals surface area (Å²) in [5.41, 5.74) is 7.48. The van der Waals surface area contributed by atoms with Crippen molar-refractivity contribution < 1.29 is 4.79 Å². The van der Waals surface area contributed by atoms with Gasteiger partial charge in [-0.3, -0.25) is 4.79 Å². The molecule has 0 unspecified atom stereocenters. The number of nitrogens with two attached hydrogens (primary N) is 1. The van der Waals surface area contributed by atoms with Crippen LogP contribution in [0.5, 0.6) is 0 Å². The highest BCUT2D eigenvalue weighted by atomic mass is 32.2. The van der Waals surface area contributed by atoms with Crippen LogP contribution in [0.4, 0.5) is 10.9 Å². The third-order valence-corrected chi connectivity index (χ3v) is 6.56. The van der Waals surface area contributed by atoms with E-state index >= 15 is 0 Å². The highest BCUT2D eigenvalue weighted by Gasteiger charge is 2.22. The molecule has 1 amide bonds. The van der Waals surface area contributed by atoms with Crippen LogP contribution in [-0.4, -0.2) is 45.1 Å². The van der Waals surface area contributed by atoms with Gasteiger partial charge < -0.3 is 16.0 Å². The van der Waals surface area contributed by atoms with E-state index in [1.807, 2.05) is 5.38 Å². The zero-order valence-electron chi connectivity index (χ0n) is 13.5. The number of hydrogen-bond donors (Lipinski definition) is 2. The van der Waals surface area contributed by atoms with E-state index in [1.165, 1.54) is 33.5 Å². The van der Waals surface area contributed by atoms with Crippen LogP contribution in [0.25, 0.3) is 10.2 Å². The minimum absolute atomic E-state index is 0.130. The number of thiazole rings is 1. The maximum Gasteiger partial charge on any atom is 0.236 e. The molecule has 7 nitrogen and oxygen atoms in total. The molecule has 3 N–H and O–H groups in total. The number of rotatable bonds is 4. The van der Waals surface area contributed by atoms with Crippen LogP contribution in [0, 0.1) is 0 Å². The quantitative estimate of drug-likeness (QED) is 0.520. The summed E-state index contributed by atoms with van der Waals surface area (Å²) in [7, 11) is 2.12. The standard InChI is InChI=1S/C15H16N6OS3/c1-21-4-2-8-9(6-21)25-13-11(8)12(16)19-15(20-13)24-7-10(22)18-14-17-3-5-23-14/h3,5H,2,4,6-7H2,1H3,(H2,16,19,20)(H,17,18,22). The Morgan fingerprint density at radius 3 is 3.16 bits per heavy atom. The lowest BCUT2D eigenvalue weighted by molar-refractivity contribution is -0.113. The number of nitrogens with zero attached hydrogens (tertiary/aromatic N) is 4. The van der Waals surface area contributed by atoms with Crippen molar-refractivity contribution >= 4 is 61.5 Å². The van der Waals surface area contributed by atoms with Gasteiger partial charge in [0.2, 0.25) is 5.91 Å². The summed E-state index contributed by atoms with van der Waals surface area (Å²) >= 11 is 4.35. The van der Waals surface area contributed by atoms with Gasteiger partial charge in [0.05, 0.1) is 11.1 Å². The van der Waals surface area contributed by atoms with Gasteiger partial charge in [0.1, 0.15) is 10.6 Å². The molecule has 3 aromatic rings. The number of likely N-dealkylation sites (N-methyl/N-ethyl adjacent to an activating group) is 1. The molecule has 1 aliphatic rings. The summed E-state index contributed by atoms with van der Waals surface area (Å²) in [6, 6.07) is 0. The maximum atomic E-state index is 12.0. The van der Waals surface area contributed by atoms with Gasteiger partial charge in [-0.1, -0.05) is 11.8 Å². The van der Waals surface area contributed by atoms with Crippen LogP contribution >= 0.6 is 34.4 Å². The van der Waals surface area contributed by atoms with Gasteiger partial charge in [-0.2, -0.15) is 0 Å². The van der Waals surface area contributed by atoms with E-state index in [4.69, 9.17) is 5.73 Å². The van der Waals surface area contributed by atoms with Gasteiger partial charge >= 0.3 is 0 Å². The number of hydrogen-bond acceptors (Lipinski definition) is 9. The molecule has 0 aromatic carbocycles. The zero-order chi connectivity index (χ0) is 17.4. The summed E-state index contributed by atoms with van der Waals surface area (Å²) in [4.78, 5) is 29.5. The van der Waals surface area contributed by atoms with Gasteiger partial charge in [0, 0.05) is 29.5 Å². The summed E-state index contributed by atoms with van der Waals surface area (Å²) in [5.74, 6) is 0.599. The van der Waals surface area contributed by atoms with Crippen LogP contribution in [0.3, 0.4) is 0 Å². The van der Waals surface area contributed by atoms with Gasteiger partial charge in [-0.25, -0.2) is 15.0 Å². The first-order valence-electron chi connectivity index (χ1n) is 7.68. The lowest BCUT2D eigenvalue weighted by atomic mass is 10.1. The first-order valence-corrected chi connectivity index (χ1v) is 10.4. The average Bonchev–Trinajstić information content (AvgIpc) is 3.19. The molecule has 10 heteroatoms. The normalized spacial score (nSPS) is 14.6. The molecule has 0 aliphatic carbocycles. The summed E-state index contributed by atoms with van der Waals surface area (Å²) in [6.45, 7) is 1.94. The van der Waals surface area contributed by atoms with Crippen molar-refractivity contribution in [2.24, 2.45) is 0 Å². The van der Waals surface area contributed by atoms with Crippen molar-refractivity contribution in [1.82, 2.24) is 19.9 Å². The summed E-state index contributed by atoms with van der Waals surface area (Å²) in [5, 5.41) is 6.68. The van der Waals surface area contributed by atoms with Crippen molar-refractivity contribution in [3.05, 3.63) is 22.0 Å². The van der Waals surface area contributed by atoms with E-state index in [2.05, 4.69) is 32.2 Å². The number of carbonyl (C=O) groups is 1. The summed E-state index contributed by atoms with van der Waals surface area (Å²) < 4.78 is 0. The SMILES string of the molecule is CN1CCc2c(sc3nc(SCC(=O)Nc4nccs4)nc(N)c23)C1. The van der Waals surface area contributed by atoms with E-state index in [1.54, 1.807) is 17.5 Å². The first kappa shape index (κ1) is 16.7. The number of amides is 1. The molecule has 0 saturated carbocycles. The minimum Gasteiger partial charge on any atom is -0.383 e. The fraction of sp³-hybridized carbons (Fsp3) is 0.333. The van der Waals surface area contributed by atoms with E-state index in [-0.39, 0.29) is 11.7 Å². The topological polar surface area (TPSA) is 97.0 Å². The number of aromatic nitrogens is 3. The molecule has 0 spiro atoms. The Balaban J connectivity index is 1.52. The van der Waals surface area contributed by atoms with E-state index in [0.29, 0.717) is 16.1 Å². The molecule has 0 fully saturated rings. The van der Waals surface area contributed by atoms with Crippen molar-refractivity contribution in [3.63, 3.8) is 0 Å². The van der Waals surface area contributed by atoms with Crippen molar-refractivity contribution in [1.29, 1.82) is 0 Å².